The van der Waals surface area contributed by atoms with Crippen LogP contribution in [0.1, 0.15) is 28.7 Å². The molecule has 1 aromatic carbocycles. The largest absolute Gasteiger partial charge is 0.497 e. The van der Waals surface area contributed by atoms with Crippen LogP contribution in [0.5, 0.6) is 11.5 Å². The summed E-state index contributed by atoms with van der Waals surface area (Å²) in [4.78, 5) is 23.1. The number of carbonyl (C=O) groups is 1. The Labute approximate surface area is 151 Å². The molecule has 1 amide bonds. The van der Waals surface area contributed by atoms with Gasteiger partial charge in [-0.2, -0.15) is 0 Å². The summed E-state index contributed by atoms with van der Waals surface area (Å²) in [7, 11) is 3.26. The molecule has 0 bridgehead atoms. The van der Waals surface area contributed by atoms with Crippen LogP contribution in [0.2, 0.25) is 0 Å². The van der Waals surface area contributed by atoms with Crippen molar-refractivity contribution in [2.75, 3.05) is 20.0 Å². The number of thioether (sulfide) groups is 1. The molecule has 1 aliphatic heterocycles. The molecule has 0 aliphatic carbocycles. The fraction of sp³-hybridized carbons (Fsp3) is 0.389. The Kier molecular flexibility index (Phi) is 5.43. The third-order valence-electron chi connectivity index (χ3n) is 4.06. The minimum Gasteiger partial charge on any atom is -0.497 e. The van der Waals surface area contributed by atoms with E-state index in [0.717, 1.165) is 34.2 Å². The first-order chi connectivity index (χ1) is 12.1. The number of hydrogen-bond acceptors (Lipinski definition) is 6. The fourth-order valence-electron chi connectivity index (χ4n) is 2.76. The molecule has 1 fully saturated rings. The molecule has 0 radical (unpaired) electrons. The summed E-state index contributed by atoms with van der Waals surface area (Å²) in [5, 5.41) is -0.144. The second-order valence-electron chi connectivity index (χ2n) is 5.75. The zero-order valence-electron chi connectivity index (χ0n) is 14.6. The molecule has 6 nitrogen and oxygen atoms in total. The van der Waals surface area contributed by atoms with Gasteiger partial charge in [0.25, 0.3) is 0 Å². The maximum absolute atomic E-state index is 12.6. The van der Waals surface area contributed by atoms with Gasteiger partial charge in [-0.25, -0.2) is 0 Å². The van der Waals surface area contributed by atoms with E-state index >= 15 is 0 Å². The maximum atomic E-state index is 12.6. The maximum Gasteiger partial charge on any atom is 0.224 e. The Morgan fingerprint density at radius 3 is 2.76 bits per heavy atom. The Morgan fingerprint density at radius 2 is 2.08 bits per heavy atom. The zero-order chi connectivity index (χ0) is 17.8. The summed E-state index contributed by atoms with van der Waals surface area (Å²) in [5.41, 5.74) is 2.56. The molecule has 3 rings (SSSR count). The number of carbonyl (C=O) groups excluding carboxylic acids is 1. The van der Waals surface area contributed by atoms with E-state index in [0.29, 0.717) is 13.0 Å². The number of ether oxygens (including phenoxy) is 2. The number of aromatic nitrogens is 2. The SMILES string of the molecule is COc1ccc(OC)c(C2SCCC(=O)N2Cc2cnc(C)cn2)c1. The molecule has 1 aliphatic rings. The number of hydrogen-bond donors (Lipinski definition) is 0. The lowest BCUT2D eigenvalue weighted by atomic mass is 10.1. The van der Waals surface area contributed by atoms with E-state index in [2.05, 4.69) is 9.97 Å². The molecule has 0 N–H and O–H groups in total. The summed E-state index contributed by atoms with van der Waals surface area (Å²) in [5.74, 6) is 2.37. The second-order valence-corrected chi connectivity index (χ2v) is 6.94. The summed E-state index contributed by atoms with van der Waals surface area (Å²) in [6, 6.07) is 5.66. The molecule has 132 valence electrons. The average molecular weight is 359 g/mol. The first-order valence-corrected chi connectivity index (χ1v) is 9.07. The van der Waals surface area contributed by atoms with Crippen LogP contribution in [0.4, 0.5) is 0 Å². The second kappa shape index (κ2) is 7.74. The van der Waals surface area contributed by atoms with E-state index in [4.69, 9.17) is 9.47 Å². The number of methoxy groups -OCH3 is 2. The van der Waals surface area contributed by atoms with Gasteiger partial charge in [-0.05, 0) is 25.1 Å². The fourth-order valence-corrected chi connectivity index (χ4v) is 4.01. The predicted molar refractivity (Wildman–Crippen MR) is 96.7 cm³/mol. The molecule has 1 aromatic heterocycles. The lowest BCUT2D eigenvalue weighted by Gasteiger charge is -2.35. The standard InChI is InChI=1S/C18H21N3O3S/c1-12-9-20-13(10-19-12)11-21-17(22)6-7-25-18(21)15-8-14(23-2)4-5-16(15)24-3/h4-5,8-10,18H,6-7,11H2,1-3H3. The van der Waals surface area contributed by atoms with Crippen LogP contribution in [0.25, 0.3) is 0 Å². The Bertz CT molecular complexity index is 752. The van der Waals surface area contributed by atoms with Crippen molar-refractivity contribution in [1.82, 2.24) is 14.9 Å². The van der Waals surface area contributed by atoms with Crippen molar-refractivity contribution in [1.29, 1.82) is 0 Å². The third-order valence-corrected chi connectivity index (χ3v) is 5.33. The van der Waals surface area contributed by atoms with E-state index in [9.17, 15) is 4.79 Å². The van der Waals surface area contributed by atoms with E-state index < -0.39 is 0 Å². The van der Waals surface area contributed by atoms with Gasteiger partial charge in [-0.3, -0.25) is 14.8 Å². The van der Waals surface area contributed by atoms with Crippen molar-refractivity contribution < 1.29 is 14.3 Å². The van der Waals surface area contributed by atoms with Gasteiger partial charge in [0.1, 0.15) is 16.9 Å². The van der Waals surface area contributed by atoms with Gasteiger partial charge in [-0.15, -0.1) is 11.8 Å². The van der Waals surface area contributed by atoms with Crippen LogP contribution >= 0.6 is 11.8 Å². The van der Waals surface area contributed by atoms with Crippen LogP contribution in [0.3, 0.4) is 0 Å². The lowest BCUT2D eigenvalue weighted by Crippen LogP contribution is -2.37. The normalized spacial score (nSPS) is 17.5. The van der Waals surface area contributed by atoms with Gasteiger partial charge in [0.2, 0.25) is 5.91 Å². The molecule has 2 aromatic rings. The van der Waals surface area contributed by atoms with Crippen LogP contribution in [0.15, 0.2) is 30.6 Å². The van der Waals surface area contributed by atoms with Crippen molar-refractivity contribution >= 4 is 17.7 Å². The molecular weight excluding hydrogens is 338 g/mol. The third kappa shape index (κ3) is 3.87. The predicted octanol–water partition coefficient (Wildman–Crippen LogP) is 2.97. The highest BCUT2D eigenvalue weighted by molar-refractivity contribution is 7.99. The van der Waals surface area contributed by atoms with Crippen LogP contribution < -0.4 is 9.47 Å². The molecule has 0 saturated carbocycles. The van der Waals surface area contributed by atoms with Crippen molar-refractivity contribution in [3.05, 3.63) is 47.5 Å². The molecule has 2 heterocycles. The molecule has 0 spiro atoms. The van der Waals surface area contributed by atoms with Gasteiger partial charge in [0, 0.05) is 23.9 Å². The average Bonchev–Trinajstić information content (AvgIpc) is 2.64. The number of benzene rings is 1. The number of nitrogens with zero attached hydrogens (tertiary/aromatic N) is 3. The smallest absolute Gasteiger partial charge is 0.224 e. The van der Waals surface area contributed by atoms with Gasteiger partial charge in [-0.1, -0.05) is 0 Å². The molecular formula is C18H21N3O3S. The number of amides is 1. The summed E-state index contributed by atoms with van der Waals surface area (Å²) in [6.45, 7) is 2.31. The molecule has 1 unspecified atom stereocenters. The summed E-state index contributed by atoms with van der Waals surface area (Å²) in [6.07, 6.45) is 3.96. The van der Waals surface area contributed by atoms with Gasteiger partial charge < -0.3 is 14.4 Å². The zero-order valence-corrected chi connectivity index (χ0v) is 15.4. The van der Waals surface area contributed by atoms with Crippen molar-refractivity contribution in [3.63, 3.8) is 0 Å². The van der Waals surface area contributed by atoms with Crippen molar-refractivity contribution in [3.8, 4) is 11.5 Å². The molecule has 1 saturated heterocycles. The number of rotatable bonds is 5. The topological polar surface area (TPSA) is 64.6 Å². The van der Waals surface area contributed by atoms with E-state index in [1.807, 2.05) is 30.0 Å². The quantitative estimate of drug-likeness (QED) is 0.818. The molecule has 7 heteroatoms. The van der Waals surface area contributed by atoms with E-state index in [1.54, 1.807) is 38.4 Å². The van der Waals surface area contributed by atoms with Gasteiger partial charge in [0.15, 0.2) is 0 Å². The van der Waals surface area contributed by atoms with Gasteiger partial charge >= 0.3 is 0 Å². The van der Waals surface area contributed by atoms with Crippen LogP contribution in [-0.4, -0.2) is 40.7 Å². The number of aryl methyl sites for hydroxylation is 1. The highest BCUT2D eigenvalue weighted by Gasteiger charge is 2.32. The first kappa shape index (κ1) is 17.5. The van der Waals surface area contributed by atoms with Gasteiger partial charge in [0.05, 0.1) is 38.3 Å². The monoisotopic (exact) mass is 359 g/mol. The highest BCUT2D eigenvalue weighted by atomic mass is 32.2. The Balaban J connectivity index is 1.94. The van der Waals surface area contributed by atoms with Crippen LogP contribution in [-0.2, 0) is 11.3 Å². The molecule has 25 heavy (non-hydrogen) atoms. The minimum atomic E-state index is -0.144. The van der Waals surface area contributed by atoms with Crippen molar-refractivity contribution in [2.45, 2.75) is 25.3 Å². The Hall–Kier alpha value is -2.28. The van der Waals surface area contributed by atoms with Crippen LogP contribution in [0, 0.1) is 6.92 Å². The first-order valence-electron chi connectivity index (χ1n) is 8.03. The van der Waals surface area contributed by atoms with Crippen molar-refractivity contribution in [2.24, 2.45) is 0 Å². The summed E-state index contributed by atoms with van der Waals surface area (Å²) >= 11 is 1.72. The summed E-state index contributed by atoms with van der Waals surface area (Å²) < 4.78 is 10.9. The minimum absolute atomic E-state index is 0.107. The lowest BCUT2D eigenvalue weighted by molar-refractivity contribution is -0.132. The highest BCUT2D eigenvalue weighted by Crippen LogP contribution is 2.43. The Morgan fingerprint density at radius 1 is 1.24 bits per heavy atom. The molecule has 1 atom stereocenters. The van der Waals surface area contributed by atoms with E-state index in [-0.39, 0.29) is 11.3 Å². The van der Waals surface area contributed by atoms with E-state index in [1.165, 1.54) is 0 Å².